The summed E-state index contributed by atoms with van der Waals surface area (Å²) in [4.78, 5) is 24.8. The normalized spacial score (nSPS) is 23.9. The summed E-state index contributed by atoms with van der Waals surface area (Å²) in [6, 6.07) is 7.18. The van der Waals surface area contributed by atoms with Crippen LogP contribution in [0.3, 0.4) is 0 Å². The maximum absolute atomic E-state index is 12.5. The fourth-order valence-corrected chi connectivity index (χ4v) is 2.58. The summed E-state index contributed by atoms with van der Waals surface area (Å²) in [7, 11) is 0. The van der Waals surface area contributed by atoms with E-state index in [0.29, 0.717) is 24.7 Å². The van der Waals surface area contributed by atoms with E-state index in [1.54, 1.807) is 17.0 Å². The molecular weight excluding hydrogens is 290 g/mol. The number of carboxylic acids is 1. The summed E-state index contributed by atoms with van der Waals surface area (Å²) >= 11 is 0. The first-order chi connectivity index (χ1) is 10.6. The molecule has 7 heteroatoms. The van der Waals surface area contributed by atoms with Gasteiger partial charge in [-0.3, -0.25) is 9.59 Å². The molecule has 2 aliphatic heterocycles. The molecule has 0 radical (unpaired) electrons. The highest BCUT2D eigenvalue weighted by Crippen LogP contribution is 2.31. The molecule has 1 N–H and O–H groups in total. The molecule has 0 aromatic heterocycles. The van der Waals surface area contributed by atoms with Gasteiger partial charge in [-0.1, -0.05) is 12.1 Å². The lowest BCUT2D eigenvalue weighted by Gasteiger charge is -2.35. The molecule has 1 saturated heterocycles. The molecule has 22 heavy (non-hydrogen) atoms. The molecular formula is C15H17NO6. The van der Waals surface area contributed by atoms with Crippen LogP contribution in [0.25, 0.3) is 0 Å². The SMILES string of the molecule is O=C(O)CC1CN(C(=O)C2COc3ccccc3O2)CCO1. The zero-order valence-electron chi connectivity index (χ0n) is 11.9. The molecule has 0 spiro atoms. The minimum atomic E-state index is -0.939. The average molecular weight is 307 g/mol. The van der Waals surface area contributed by atoms with Gasteiger partial charge in [0.1, 0.15) is 6.61 Å². The molecule has 1 aromatic carbocycles. The van der Waals surface area contributed by atoms with Crippen molar-refractivity contribution in [3.63, 3.8) is 0 Å². The van der Waals surface area contributed by atoms with Crippen molar-refractivity contribution in [2.75, 3.05) is 26.3 Å². The zero-order valence-corrected chi connectivity index (χ0v) is 11.9. The van der Waals surface area contributed by atoms with Crippen molar-refractivity contribution in [1.82, 2.24) is 4.90 Å². The maximum Gasteiger partial charge on any atom is 0.306 e. The fourth-order valence-electron chi connectivity index (χ4n) is 2.58. The first kappa shape index (κ1) is 14.6. The first-order valence-electron chi connectivity index (χ1n) is 7.14. The van der Waals surface area contributed by atoms with Gasteiger partial charge in [-0.25, -0.2) is 0 Å². The molecule has 0 bridgehead atoms. The number of hydrogen-bond acceptors (Lipinski definition) is 5. The number of rotatable bonds is 3. The lowest BCUT2D eigenvalue weighted by molar-refractivity contribution is -0.153. The number of carbonyl (C=O) groups excluding carboxylic acids is 1. The standard InChI is InChI=1S/C15H17NO6/c17-14(18)7-10-8-16(5-6-20-10)15(19)13-9-21-11-3-1-2-4-12(11)22-13/h1-4,10,13H,5-9H2,(H,17,18). The van der Waals surface area contributed by atoms with Crippen LogP contribution in [0.4, 0.5) is 0 Å². The van der Waals surface area contributed by atoms with Crippen LogP contribution < -0.4 is 9.47 Å². The molecule has 118 valence electrons. The van der Waals surface area contributed by atoms with Crippen LogP contribution in [0.15, 0.2) is 24.3 Å². The van der Waals surface area contributed by atoms with Gasteiger partial charge in [-0.15, -0.1) is 0 Å². The van der Waals surface area contributed by atoms with Crippen LogP contribution >= 0.6 is 0 Å². The van der Waals surface area contributed by atoms with E-state index in [0.717, 1.165) is 0 Å². The second-order valence-corrected chi connectivity index (χ2v) is 5.24. The van der Waals surface area contributed by atoms with Gasteiger partial charge < -0.3 is 24.2 Å². The van der Waals surface area contributed by atoms with Gasteiger partial charge in [0.2, 0.25) is 6.10 Å². The van der Waals surface area contributed by atoms with Gasteiger partial charge in [0.25, 0.3) is 5.91 Å². The van der Waals surface area contributed by atoms with Crippen LogP contribution in [0.1, 0.15) is 6.42 Å². The van der Waals surface area contributed by atoms with Gasteiger partial charge >= 0.3 is 5.97 Å². The molecule has 7 nitrogen and oxygen atoms in total. The van der Waals surface area contributed by atoms with Crippen LogP contribution in [0.5, 0.6) is 11.5 Å². The van der Waals surface area contributed by atoms with Crippen molar-refractivity contribution in [3.05, 3.63) is 24.3 Å². The van der Waals surface area contributed by atoms with E-state index in [4.69, 9.17) is 19.3 Å². The van der Waals surface area contributed by atoms with Gasteiger partial charge in [0, 0.05) is 13.1 Å². The summed E-state index contributed by atoms with van der Waals surface area (Å²) in [5.41, 5.74) is 0. The van der Waals surface area contributed by atoms with E-state index >= 15 is 0 Å². The number of ether oxygens (including phenoxy) is 3. The second kappa shape index (κ2) is 6.23. The number of benzene rings is 1. The van der Waals surface area contributed by atoms with E-state index in [1.807, 2.05) is 12.1 Å². The van der Waals surface area contributed by atoms with Crippen molar-refractivity contribution in [2.24, 2.45) is 0 Å². The van der Waals surface area contributed by atoms with Crippen LogP contribution in [-0.2, 0) is 14.3 Å². The van der Waals surface area contributed by atoms with Gasteiger partial charge in [0.15, 0.2) is 11.5 Å². The Bertz CT molecular complexity index is 575. The number of aliphatic carboxylic acids is 1. The Morgan fingerprint density at radius 3 is 2.82 bits per heavy atom. The Kier molecular flexibility index (Phi) is 4.15. The molecule has 3 rings (SSSR count). The zero-order chi connectivity index (χ0) is 15.5. The van der Waals surface area contributed by atoms with E-state index in [1.165, 1.54) is 0 Å². The lowest BCUT2D eigenvalue weighted by atomic mass is 10.2. The summed E-state index contributed by atoms with van der Waals surface area (Å²) < 4.78 is 16.6. The number of nitrogens with zero attached hydrogens (tertiary/aromatic N) is 1. The van der Waals surface area contributed by atoms with E-state index in [-0.39, 0.29) is 25.5 Å². The third kappa shape index (κ3) is 3.14. The number of carbonyl (C=O) groups is 2. The summed E-state index contributed by atoms with van der Waals surface area (Å²) in [5, 5.41) is 8.82. The Balaban J connectivity index is 1.63. The second-order valence-electron chi connectivity index (χ2n) is 5.24. The maximum atomic E-state index is 12.5. The molecule has 1 fully saturated rings. The van der Waals surface area contributed by atoms with Gasteiger partial charge in [-0.05, 0) is 12.1 Å². The molecule has 2 aliphatic rings. The Hall–Kier alpha value is -2.28. The molecule has 0 saturated carbocycles. The Labute approximate surface area is 127 Å². The smallest absolute Gasteiger partial charge is 0.306 e. The Morgan fingerprint density at radius 1 is 1.27 bits per heavy atom. The van der Waals surface area contributed by atoms with Crippen molar-refractivity contribution in [1.29, 1.82) is 0 Å². The minimum Gasteiger partial charge on any atom is -0.485 e. The predicted molar refractivity (Wildman–Crippen MR) is 74.9 cm³/mol. The van der Waals surface area contributed by atoms with E-state index < -0.39 is 18.2 Å². The highest BCUT2D eigenvalue weighted by Gasteiger charge is 2.34. The summed E-state index contributed by atoms with van der Waals surface area (Å²) in [6.07, 6.45) is -1.31. The number of amides is 1. The van der Waals surface area contributed by atoms with E-state index in [2.05, 4.69) is 0 Å². The average Bonchev–Trinajstić information content (AvgIpc) is 2.53. The third-order valence-corrected chi connectivity index (χ3v) is 3.64. The summed E-state index contributed by atoms with van der Waals surface area (Å²) in [5.74, 6) is 0.0263. The van der Waals surface area contributed by atoms with Crippen molar-refractivity contribution < 1.29 is 28.9 Å². The van der Waals surface area contributed by atoms with Crippen molar-refractivity contribution >= 4 is 11.9 Å². The van der Waals surface area contributed by atoms with Gasteiger partial charge in [-0.2, -0.15) is 0 Å². The first-order valence-corrected chi connectivity index (χ1v) is 7.14. The van der Waals surface area contributed by atoms with Crippen molar-refractivity contribution in [2.45, 2.75) is 18.6 Å². The highest BCUT2D eigenvalue weighted by atomic mass is 16.6. The Morgan fingerprint density at radius 2 is 2.05 bits per heavy atom. The number of para-hydroxylation sites is 2. The molecule has 2 atom stereocenters. The van der Waals surface area contributed by atoms with Crippen LogP contribution in [0.2, 0.25) is 0 Å². The molecule has 0 aliphatic carbocycles. The van der Waals surface area contributed by atoms with Gasteiger partial charge in [0.05, 0.1) is 19.1 Å². The van der Waals surface area contributed by atoms with Crippen LogP contribution in [0, 0.1) is 0 Å². The third-order valence-electron chi connectivity index (χ3n) is 3.64. The number of morpholine rings is 1. The fraction of sp³-hybridized carbons (Fsp3) is 0.467. The summed E-state index contributed by atoms with van der Waals surface area (Å²) in [6.45, 7) is 1.16. The lowest BCUT2D eigenvalue weighted by Crippen LogP contribution is -2.52. The van der Waals surface area contributed by atoms with Crippen LogP contribution in [-0.4, -0.2) is 60.4 Å². The quantitative estimate of drug-likeness (QED) is 0.876. The monoisotopic (exact) mass is 307 g/mol. The van der Waals surface area contributed by atoms with E-state index in [9.17, 15) is 9.59 Å². The minimum absolute atomic E-state index is 0.116. The van der Waals surface area contributed by atoms with Crippen molar-refractivity contribution in [3.8, 4) is 11.5 Å². The number of carboxylic acid groups (broad SMARTS) is 1. The predicted octanol–water partition coefficient (Wildman–Crippen LogP) is 0.528. The highest BCUT2D eigenvalue weighted by molar-refractivity contribution is 5.82. The molecule has 1 aromatic rings. The topological polar surface area (TPSA) is 85.3 Å². The largest absolute Gasteiger partial charge is 0.485 e. The molecule has 2 unspecified atom stereocenters. The molecule has 2 heterocycles. The number of hydrogen-bond donors (Lipinski definition) is 1. The number of fused-ring (bicyclic) bond motifs is 1. The molecule has 1 amide bonds.